The van der Waals surface area contributed by atoms with Crippen molar-refractivity contribution in [1.29, 1.82) is 0 Å². The van der Waals surface area contributed by atoms with Crippen LogP contribution in [0.5, 0.6) is 0 Å². The van der Waals surface area contributed by atoms with E-state index in [4.69, 9.17) is 16.7 Å². The van der Waals surface area contributed by atoms with Gasteiger partial charge in [-0.2, -0.15) is 0 Å². The number of halogens is 1. The quantitative estimate of drug-likeness (QED) is 0.482. The van der Waals surface area contributed by atoms with E-state index in [1.165, 1.54) is 0 Å². The number of carbonyl (C=O) groups is 2. The van der Waals surface area contributed by atoms with E-state index in [0.717, 1.165) is 12.3 Å². The van der Waals surface area contributed by atoms with E-state index in [9.17, 15) is 19.7 Å². The number of nitrogens with one attached hydrogen (secondary N) is 1. The van der Waals surface area contributed by atoms with Gasteiger partial charge in [-0.3, -0.25) is 14.9 Å². The number of amides is 1. The number of carboxylic acids is 1. The number of carboxylic acid groups (broad SMARTS) is 1. The summed E-state index contributed by atoms with van der Waals surface area (Å²) < 4.78 is 0. The Morgan fingerprint density at radius 3 is 2.55 bits per heavy atom. The van der Waals surface area contributed by atoms with Gasteiger partial charge < -0.3 is 10.4 Å². The van der Waals surface area contributed by atoms with Gasteiger partial charge in [0, 0.05) is 6.07 Å². The molecule has 20 heavy (non-hydrogen) atoms. The van der Waals surface area contributed by atoms with Crippen molar-refractivity contribution >= 4 is 29.2 Å². The molecule has 2 N–H and O–H groups in total. The molecule has 0 aliphatic carbocycles. The zero-order valence-electron chi connectivity index (χ0n) is 10.7. The molecule has 0 saturated heterocycles. The molecule has 0 spiro atoms. The van der Waals surface area contributed by atoms with Crippen molar-refractivity contribution in [3.63, 3.8) is 0 Å². The molecule has 0 aromatic carbocycles. The van der Waals surface area contributed by atoms with Crippen LogP contribution in [-0.4, -0.2) is 32.9 Å². The van der Waals surface area contributed by atoms with Crippen LogP contribution in [0.15, 0.2) is 12.3 Å². The number of nitrogens with zero attached hydrogens (tertiary/aromatic N) is 2. The zero-order chi connectivity index (χ0) is 15.4. The summed E-state index contributed by atoms with van der Waals surface area (Å²) in [7, 11) is 0. The highest BCUT2D eigenvalue weighted by molar-refractivity contribution is 6.32. The molecule has 1 aromatic rings. The van der Waals surface area contributed by atoms with Gasteiger partial charge in [0.2, 0.25) is 0 Å². The fourth-order valence-corrected chi connectivity index (χ4v) is 1.62. The molecule has 1 aromatic heterocycles. The topological polar surface area (TPSA) is 122 Å². The van der Waals surface area contributed by atoms with Gasteiger partial charge in [-0.05, 0) is 5.92 Å². The lowest BCUT2D eigenvalue weighted by molar-refractivity contribution is -0.385. The summed E-state index contributed by atoms with van der Waals surface area (Å²) in [6.07, 6.45) is 0.913. The van der Waals surface area contributed by atoms with Gasteiger partial charge in [0.25, 0.3) is 11.6 Å². The first-order valence-electron chi connectivity index (χ1n) is 5.57. The van der Waals surface area contributed by atoms with Crippen LogP contribution in [0, 0.1) is 16.0 Å². The molecule has 0 radical (unpaired) electrons. The summed E-state index contributed by atoms with van der Waals surface area (Å²) >= 11 is 5.70. The SMILES string of the molecule is CC(C)[C@H](NC(=O)c1cc([N+](=O)[O-])cnc1Cl)C(=O)O. The Morgan fingerprint density at radius 2 is 2.10 bits per heavy atom. The highest BCUT2D eigenvalue weighted by atomic mass is 35.5. The van der Waals surface area contributed by atoms with E-state index in [2.05, 4.69) is 10.3 Å². The Labute approximate surface area is 118 Å². The molecule has 0 fully saturated rings. The van der Waals surface area contributed by atoms with Crippen LogP contribution in [0.2, 0.25) is 5.15 Å². The van der Waals surface area contributed by atoms with Crippen molar-refractivity contribution in [1.82, 2.24) is 10.3 Å². The standard InChI is InChI=1S/C11H12ClN3O5/c1-5(2)8(11(17)18)14-10(16)7-3-6(15(19)20)4-13-9(7)12/h3-5,8H,1-2H3,(H,14,16)(H,17,18)/t8-/m0/s1. The summed E-state index contributed by atoms with van der Waals surface area (Å²) in [6, 6.07) is -0.179. The van der Waals surface area contributed by atoms with Gasteiger partial charge in [-0.1, -0.05) is 25.4 Å². The van der Waals surface area contributed by atoms with E-state index >= 15 is 0 Å². The molecular formula is C11H12ClN3O5. The normalized spacial score (nSPS) is 12.0. The number of hydrogen-bond donors (Lipinski definition) is 2. The number of aromatic nitrogens is 1. The maximum absolute atomic E-state index is 11.9. The third kappa shape index (κ3) is 3.64. The van der Waals surface area contributed by atoms with Gasteiger partial charge in [-0.25, -0.2) is 9.78 Å². The first kappa shape index (κ1) is 15.8. The zero-order valence-corrected chi connectivity index (χ0v) is 11.4. The highest BCUT2D eigenvalue weighted by Crippen LogP contribution is 2.19. The smallest absolute Gasteiger partial charge is 0.326 e. The Bertz CT molecular complexity index is 561. The fraction of sp³-hybridized carbons (Fsp3) is 0.364. The van der Waals surface area contributed by atoms with Crippen LogP contribution in [0.25, 0.3) is 0 Å². The number of nitro groups is 1. The van der Waals surface area contributed by atoms with E-state index in [1.807, 2.05) is 0 Å². The Kier molecular flexibility index (Phi) is 4.98. The van der Waals surface area contributed by atoms with Gasteiger partial charge in [0.05, 0.1) is 10.5 Å². The summed E-state index contributed by atoms with van der Waals surface area (Å²) in [6.45, 7) is 3.23. The van der Waals surface area contributed by atoms with Gasteiger partial charge in [0.15, 0.2) is 0 Å². The molecular weight excluding hydrogens is 290 g/mol. The largest absolute Gasteiger partial charge is 0.480 e. The number of carbonyl (C=O) groups excluding carboxylic acids is 1. The van der Waals surface area contributed by atoms with Crippen LogP contribution in [-0.2, 0) is 4.79 Å². The maximum Gasteiger partial charge on any atom is 0.326 e. The van der Waals surface area contributed by atoms with Crippen molar-refractivity contribution in [2.45, 2.75) is 19.9 Å². The van der Waals surface area contributed by atoms with Crippen LogP contribution in [0.4, 0.5) is 5.69 Å². The van der Waals surface area contributed by atoms with Crippen molar-refractivity contribution in [2.24, 2.45) is 5.92 Å². The predicted octanol–water partition coefficient (Wildman–Crippen LogP) is 1.48. The monoisotopic (exact) mass is 301 g/mol. The lowest BCUT2D eigenvalue weighted by Gasteiger charge is -2.17. The molecule has 0 unspecified atom stereocenters. The van der Waals surface area contributed by atoms with Crippen molar-refractivity contribution in [3.05, 3.63) is 33.1 Å². The summed E-state index contributed by atoms with van der Waals surface area (Å²) in [5.74, 6) is -2.39. The van der Waals surface area contributed by atoms with Crippen molar-refractivity contribution < 1.29 is 19.6 Å². The van der Waals surface area contributed by atoms with Gasteiger partial charge in [0.1, 0.15) is 17.4 Å². The predicted molar refractivity (Wildman–Crippen MR) is 69.6 cm³/mol. The van der Waals surface area contributed by atoms with Gasteiger partial charge in [-0.15, -0.1) is 0 Å². The highest BCUT2D eigenvalue weighted by Gasteiger charge is 2.26. The third-order valence-electron chi connectivity index (χ3n) is 2.50. The maximum atomic E-state index is 11.9. The Hall–Kier alpha value is -2.22. The lowest BCUT2D eigenvalue weighted by Crippen LogP contribution is -2.44. The van der Waals surface area contributed by atoms with Crippen LogP contribution < -0.4 is 5.32 Å². The first-order chi connectivity index (χ1) is 9.23. The fourth-order valence-electron chi connectivity index (χ4n) is 1.43. The molecule has 0 aliphatic heterocycles. The second-order valence-electron chi connectivity index (χ2n) is 4.32. The minimum atomic E-state index is -1.21. The first-order valence-corrected chi connectivity index (χ1v) is 5.95. The summed E-state index contributed by atoms with van der Waals surface area (Å²) in [5.41, 5.74) is -0.649. The lowest BCUT2D eigenvalue weighted by atomic mass is 10.0. The number of hydrogen-bond acceptors (Lipinski definition) is 5. The molecule has 1 amide bonds. The molecule has 0 saturated carbocycles. The molecule has 0 aliphatic rings. The number of pyridine rings is 1. The molecule has 8 nitrogen and oxygen atoms in total. The minimum absolute atomic E-state index is 0.235. The minimum Gasteiger partial charge on any atom is -0.480 e. The van der Waals surface area contributed by atoms with E-state index in [0.29, 0.717) is 0 Å². The van der Waals surface area contributed by atoms with E-state index in [-0.39, 0.29) is 16.6 Å². The Balaban J connectivity index is 3.05. The van der Waals surface area contributed by atoms with Gasteiger partial charge >= 0.3 is 5.97 Å². The molecule has 9 heteroatoms. The third-order valence-corrected chi connectivity index (χ3v) is 2.80. The number of rotatable bonds is 5. The molecule has 1 heterocycles. The van der Waals surface area contributed by atoms with E-state index in [1.54, 1.807) is 13.8 Å². The van der Waals surface area contributed by atoms with Crippen LogP contribution >= 0.6 is 11.6 Å². The van der Waals surface area contributed by atoms with Crippen molar-refractivity contribution in [2.75, 3.05) is 0 Å². The average molecular weight is 302 g/mol. The van der Waals surface area contributed by atoms with Crippen LogP contribution in [0.3, 0.4) is 0 Å². The Morgan fingerprint density at radius 1 is 1.50 bits per heavy atom. The molecule has 1 atom stereocenters. The van der Waals surface area contributed by atoms with E-state index < -0.39 is 28.5 Å². The average Bonchev–Trinajstić information content (AvgIpc) is 2.34. The molecule has 108 valence electrons. The summed E-state index contributed by atoms with van der Waals surface area (Å²) in [5, 5.41) is 21.6. The molecule has 1 rings (SSSR count). The van der Waals surface area contributed by atoms with Crippen LogP contribution in [0.1, 0.15) is 24.2 Å². The van der Waals surface area contributed by atoms with Crippen molar-refractivity contribution in [3.8, 4) is 0 Å². The summed E-state index contributed by atoms with van der Waals surface area (Å²) in [4.78, 5) is 36.4. The second kappa shape index (κ2) is 6.29. The molecule has 0 bridgehead atoms. The number of aliphatic carboxylic acids is 1. The second-order valence-corrected chi connectivity index (χ2v) is 4.68.